The van der Waals surface area contributed by atoms with Gasteiger partial charge in [0.2, 0.25) is 0 Å². The van der Waals surface area contributed by atoms with E-state index in [1.54, 1.807) is 17.5 Å². The van der Waals surface area contributed by atoms with Gasteiger partial charge >= 0.3 is 0 Å². The van der Waals surface area contributed by atoms with Crippen LogP contribution in [0.3, 0.4) is 0 Å². The zero-order valence-corrected chi connectivity index (χ0v) is 11.4. The van der Waals surface area contributed by atoms with Gasteiger partial charge < -0.3 is 5.32 Å². The second-order valence-electron chi connectivity index (χ2n) is 4.22. The lowest BCUT2D eigenvalue weighted by Crippen LogP contribution is -2.01. The SMILES string of the molecule is Cc1ncsc1CNc1cccc(-n2cccn2)c1. The largest absolute Gasteiger partial charge is 0.380 e. The van der Waals surface area contributed by atoms with Crippen molar-refractivity contribution in [1.82, 2.24) is 14.8 Å². The summed E-state index contributed by atoms with van der Waals surface area (Å²) in [6.45, 7) is 2.84. The molecule has 0 radical (unpaired) electrons. The fourth-order valence-corrected chi connectivity index (χ4v) is 2.57. The first kappa shape index (κ1) is 11.9. The molecule has 0 unspecified atom stereocenters. The van der Waals surface area contributed by atoms with Crippen LogP contribution in [0.15, 0.2) is 48.2 Å². The topological polar surface area (TPSA) is 42.7 Å². The molecule has 96 valence electrons. The number of aromatic nitrogens is 3. The van der Waals surface area contributed by atoms with Crippen molar-refractivity contribution < 1.29 is 0 Å². The quantitative estimate of drug-likeness (QED) is 0.791. The van der Waals surface area contributed by atoms with Crippen LogP contribution >= 0.6 is 11.3 Å². The van der Waals surface area contributed by atoms with Crippen LogP contribution in [0.4, 0.5) is 5.69 Å². The van der Waals surface area contributed by atoms with Crippen molar-refractivity contribution in [3.63, 3.8) is 0 Å². The minimum atomic E-state index is 0.805. The van der Waals surface area contributed by atoms with Crippen molar-refractivity contribution in [2.24, 2.45) is 0 Å². The Labute approximate surface area is 115 Å². The molecule has 1 aromatic carbocycles. The molecule has 0 fully saturated rings. The van der Waals surface area contributed by atoms with Gasteiger partial charge in [-0.2, -0.15) is 5.10 Å². The van der Waals surface area contributed by atoms with Gasteiger partial charge in [0.15, 0.2) is 0 Å². The average molecular weight is 270 g/mol. The molecular formula is C14H14N4S. The third-order valence-electron chi connectivity index (χ3n) is 2.91. The molecule has 0 aliphatic rings. The van der Waals surface area contributed by atoms with Crippen molar-refractivity contribution in [2.45, 2.75) is 13.5 Å². The number of anilines is 1. The summed E-state index contributed by atoms with van der Waals surface area (Å²) in [5.41, 5.74) is 5.12. The summed E-state index contributed by atoms with van der Waals surface area (Å²) in [5.74, 6) is 0. The summed E-state index contributed by atoms with van der Waals surface area (Å²) in [5, 5.41) is 7.65. The second-order valence-corrected chi connectivity index (χ2v) is 5.15. The molecule has 0 bridgehead atoms. The van der Waals surface area contributed by atoms with Gasteiger partial charge in [-0.3, -0.25) is 0 Å². The molecule has 2 aromatic heterocycles. The Hall–Kier alpha value is -2.14. The second kappa shape index (κ2) is 5.24. The molecule has 5 heteroatoms. The lowest BCUT2D eigenvalue weighted by molar-refractivity contribution is 0.880. The molecule has 4 nitrogen and oxygen atoms in total. The molecule has 3 aromatic rings. The maximum atomic E-state index is 4.25. The van der Waals surface area contributed by atoms with Crippen LogP contribution in [0.2, 0.25) is 0 Å². The van der Waals surface area contributed by atoms with E-state index in [0.29, 0.717) is 0 Å². The minimum Gasteiger partial charge on any atom is -0.380 e. The lowest BCUT2D eigenvalue weighted by atomic mass is 10.2. The van der Waals surface area contributed by atoms with Gasteiger partial charge in [0.25, 0.3) is 0 Å². The fourth-order valence-electron chi connectivity index (χ4n) is 1.86. The molecule has 0 aliphatic heterocycles. The molecule has 0 amide bonds. The summed E-state index contributed by atoms with van der Waals surface area (Å²) < 4.78 is 1.85. The third-order valence-corrected chi connectivity index (χ3v) is 3.85. The van der Waals surface area contributed by atoms with Crippen molar-refractivity contribution >= 4 is 17.0 Å². The van der Waals surface area contributed by atoms with Crippen LogP contribution in [0.5, 0.6) is 0 Å². The highest BCUT2D eigenvalue weighted by Crippen LogP contribution is 2.17. The summed E-state index contributed by atoms with van der Waals surface area (Å²) in [7, 11) is 0. The van der Waals surface area contributed by atoms with Gasteiger partial charge in [0.1, 0.15) is 0 Å². The number of aryl methyl sites for hydroxylation is 1. The fraction of sp³-hybridized carbons (Fsp3) is 0.143. The molecule has 0 saturated carbocycles. The van der Waals surface area contributed by atoms with Crippen LogP contribution < -0.4 is 5.32 Å². The monoisotopic (exact) mass is 270 g/mol. The normalized spacial score (nSPS) is 10.6. The van der Waals surface area contributed by atoms with E-state index in [-0.39, 0.29) is 0 Å². The van der Waals surface area contributed by atoms with Crippen LogP contribution in [-0.4, -0.2) is 14.8 Å². The highest BCUT2D eigenvalue weighted by molar-refractivity contribution is 7.09. The number of hydrogen-bond donors (Lipinski definition) is 1. The minimum absolute atomic E-state index is 0.805. The van der Waals surface area contributed by atoms with Crippen LogP contribution in [-0.2, 0) is 6.54 Å². The molecule has 0 spiro atoms. The lowest BCUT2D eigenvalue weighted by Gasteiger charge is -2.08. The summed E-state index contributed by atoms with van der Waals surface area (Å²) in [4.78, 5) is 5.52. The number of rotatable bonds is 4. The molecular weight excluding hydrogens is 256 g/mol. The van der Waals surface area contributed by atoms with E-state index in [2.05, 4.69) is 27.5 Å². The molecule has 1 N–H and O–H groups in total. The van der Waals surface area contributed by atoms with Gasteiger partial charge in [0.05, 0.1) is 23.4 Å². The van der Waals surface area contributed by atoms with Gasteiger partial charge in [-0.1, -0.05) is 6.07 Å². The molecule has 0 aliphatic carbocycles. The number of nitrogens with one attached hydrogen (secondary N) is 1. The van der Waals surface area contributed by atoms with E-state index < -0.39 is 0 Å². The molecule has 3 rings (SSSR count). The maximum Gasteiger partial charge on any atom is 0.0798 e. The molecule has 0 atom stereocenters. The first-order valence-corrected chi connectivity index (χ1v) is 6.94. The highest BCUT2D eigenvalue weighted by atomic mass is 32.1. The summed E-state index contributed by atoms with van der Waals surface area (Å²) in [6.07, 6.45) is 3.72. The average Bonchev–Trinajstić information content (AvgIpc) is 3.08. The van der Waals surface area contributed by atoms with Crippen LogP contribution in [0.1, 0.15) is 10.6 Å². The predicted octanol–water partition coefficient (Wildman–Crippen LogP) is 3.25. The standard InChI is InChI=1S/C14H14N4S/c1-11-14(19-10-16-11)9-15-12-4-2-5-13(8-12)18-7-3-6-17-18/h2-8,10,15H,9H2,1H3. The third kappa shape index (κ3) is 2.66. The molecule has 19 heavy (non-hydrogen) atoms. The van der Waals surface area contributed by atoms with Crippen molar-refractivity contribution in [1.29, 1.82) is 0 Å². The first-order chi connectivity index (χ1) is 9.33. The van der Waals surface area contributed by atoms with Gasteiger partial charge in [0, 0.05) is 23.0 Å². The van der Waals surface area contributed by atoms with Gasteiger partial charge in [-0.15, -0.1) is 11.3 Å². The van der Waals surface area contributed by atoms with Crippen LogP contribution in [0.25, 0.3) is 5.69 Å². The zero-order chi connectivity index (χ0) is 13.1. The first-order valence-electron chi connectivity index (χ1n) is 6.06. The van der Waals surface area contributed by atoms with Crippen molar-refractivity contribution in [2.75, 3.05) is 5.32 Å². The van der Waals surface area contributed by atoms with E-state index in [1.807, 2.05) is 41.5 Å². The van der Waals surface area contributed by atoms with Crippen molar-refractivity contribution in [3.8, 4) is 5.69 Å². The number of nitrogens with zero attached hydrogens (tertiary/aromatic N) is 3. The van der Waals surface area contributed by atoms with E-state index in [1.165, 1.54) is 4.88 Å². The van der Waals surface area contributed by atoms with E-state index in [4.69, 9.17) is 0 Å². The summed E-state index contributed by atoms with van der Waals surface area (Å²) >= 11 is 1.68. The van der Waals surface area contributed by atoms with E-state index in [0.717, 1.165) is 23.6 Å². The smallest absolute Gasteiger partial charge is 0.0798 e. The Morgan fingerprint density at radius 2 is 2.26 bits per heavy atom. The Morgan fingerprint density at radius 1 is 1.32 bits per heavy atom. The maximum absolute atomic E-state index is 4.25. The van der Waals surface area contributed by atoms with Crippen molar-refractivity contribution in [3.05, 3.63) is 58.8 Å². The zero-order valence-electron chi connectivity index (χ0n) is 10.6. The van der Waals surface area contributed by atoms with Gasteiger partial charge in [-0.25, -0.2) is 9.67 Å². The van der Waals surface area contributed by atoms with E-state index >= 15 is 0 Å². The Morgan fingerprint density at radius 3 is 3.00 bits per heavy atom. The van der Waals surface area contributed by atoms with Crippen LogP contribution in [0, 0.1) is 6.92 Å². The molecule has 2 heterocycles. The summed E-state index contributed by atoms with van der Waals surface area (Å²) in [6, 6.07) is 10.1. The number of benzene rings is 1. The number of hydrogen-bond acceptors (Lipinski definition) is 4. The Kier molecular flexibility index (Phi) is 3.29. The molecule has 0 saturated heterocycles. The predicted molar refractivity (Wildman–Crippen MR) is 77.7 cm³/mol. The van der Waals surface area contributed by atoms with E-state index in [9.17, 15) is 0 Å². The number of thiazole rings is 1. The highest BCUT2D eigenvalue weighted by Gasteiger charge is 2.02. The van der Waals surface area contributed by atoms with Gasteiger partial charge in [-0.05, 0) is 31.2 Å². The Bertz CT molecular complexity index is 658. The Balaban J connectivity index is 1.75.